The van der Waals surface area contributed by atoms with Gasteiger partial charge in [0.1, 0.15) is 6.07 Å². The van der Waals surface area contributed by atoms with Crippen molar-refractivity contribution in [3.8, 4) is 6.07 Å². The highest BCUT2D eigenvalue weighted by atomic mass is 16.5. The lowest BCUT2D eigenvalue weighted by molar-refractivity contribution is 0.194. The summed E-state index contributed by atoms with van der Waals surface area (Å²) in [6, 6.07) is 9.82. The number of ether oxygens (including phenoxy) is 1. The van der Waals surface area contributed by atoms with Crippen LogP contribution in [0.15, 0.2) is 30.5 Å². The molecule has 1 heterocycles. The van der Waals surface area contributed by atoms with Crippen molar-refractivity contribution in [2.75, 3.05) is 0 Å². The largest absolute Gasteiger partial charge is 0.478 e. The van der Waals surface area contributed by atoms with E-state index in [0.29, 0.717) is 0 Å². The van der Waals surface area contributed by atoms with E-state index in [9.17, 15) is 0 Å². The monoisotopic (exact) mass is 157 g/mol. The topological polar surface area (TPSA) is 33.0 Å². The highest BCUT2D eigenvalue weighted by molar-refractivity contribution is 5.56. The molecule has 0 bridgehead atoms. The SMILES string of the molecule is N#CC1OC=Cc2ccccc21. The zero-order chi connectivity index (χ0) is 8.39. The summed E-state index contributed by atoms with van der Waals surface area (Å²) in [5, 5.41) is 8.73. The summed E-state index contributed by atoms with van der Waals surface area (Å²) in [7, 11) is 0. The molecular weight excluding hydrogens is 150 g/mol. The van der Waals surface area contributed by atoms with Crippen molar-refractivity contribution in [2.24, 2.45) is 0 Å². The number of benzene rings is 1. The fourth-order valence-electron chi connectivity index (χ4n) is 1.27. The van der Waals surface area contributed by atoms with Crippen LogP contribution >= 0.6 is 0 Å². The Morgan fingerprint density at radius 2 is 2.17 bits per heavy atom. The summed E-state index contributed by atoms with van der Waals surface area (Å²) < 4.78 is 5.11. The van der Waals surface area contributed by atoms with Crippen LogP contribution in [0, 0.1) is 11.3 Å². The Balaban J connectivity index is 2.54. The first-order chi connectivity index (χ1) is 5.92. The van der Waals surface area contributed by atoms with Gasteiger partial charge in [0.15, 0.2) is 0 Å². The Bertz CT molecular complexity index is 362. The van der Waals surface area contributed by atoms with E-state index >= 15 is 0 Å². The molecule has 0 aliphatic carbocycles. The first-order valence-electron chi connectivity index (χ1n) is 3.72. The van der Waals surface area contributed by atoms with Crippen LogP contribution in [-0.2, 0) is 4.74 Å². The number of hydrogen-bond acceptors (Lipinski definition) is 2. The van der Waals surface area contributed by atoms with Crippen LogP contribution in [0.2, 0.25) is 0 Å². The van der Waals surface area contributed by atoms with E-state index in [0.717, 1.165) is 11.1 Å². The first-order valence-corrected chi connectivity index (χ1v) is 3.72. The summed E-state index contributed by atoms with van der Waals surface area (Å²) in [6.45, 7) is 0. The lowest BCUT2D eigenvalue weighted by atomic mass is 10.0. The van der Waals surface area contributed by atoms with Gasteiger partial charge in [-0.1, -0.05) is 24.3 Å². The molecule has 2 heteroatoms. The lowest BCUT2D eigenvalue weighted by Crippen LogP contribution is -2.03. The van der Waals surface area contributed by atoms with E-state index < -0.39 is 6.10 Å². The Kier molecular flexibility index (Phi) is 1.56. The number of fused-ring (bicyclic) bond motifs is 1. The van der Waals surface area contributed by atoms with Gasteiger partial charge in [0.2, 0.25) is 6.10 Å². The predicted molar refractivity (Wildman–Crippen MR) is 44.9 cm³/mol. The van der Waals surface area contributed by atoms with Gasteiger partial charge < -0.3 is 4.74 Å². The fourth-order valence-corrected chi connectivity index (χ4v) is 1.27. The molecule has 0 saturated heterocycles. The van der Waals surface area contributed by atoms with Crippen molar-refractivity contribution in [1.29, 1.82) is 5.26 Å². The molecule has 1 aromatic rings. The van der Waals surface area contributed by atoms with E-state index in [-0.39, 0.29) is 0 Å². The molecule has 2 rings (SSSR count). The zero-order valence-corrected chi connectivity index (χ0v) is 6.40. The first kappa shape index (κ1) is 6.93. The molecule has 0 radical (unpaired) electrons. The van der Waals surface area contributed by atoms with E-state index in [4.69, 9.17) is 10.00 Å². The van der Waals surface area contributed by atoms with Crippen LogP contribution < -0.4 is 0 Å². The van der Waals surface area contributed by atoms with Crippen molar-refractivity contribution in [3.05, 3.63) is 41.7 Å². The second-order valence-electron chi connectivity index (χ2n) is 2.58. The molecule has 58 valence electrons. The summed E-state index contributed by atoms with van der Waals surface area (Å²) in [4.78, 5) is 0. The molecule has 1 aromatic carbocycles. The van der Waals surface area contributed by atoms with Crippen molar-refractivity contribution in [1.82, 2.24) is 0 Å². The van der Waals surface area contributed by atoms with Crippen LogP contribution in [0.1, 0.15) is 17.2 Å². The molecule has 0 fully saturated rings. The molecule has 0 aromatic heterocycles. The Hall–Kier alpha value is -1.75. The molecule has 12 heavy (non-hydrogen) atoms. The lowest BCUT2D eigenvalue weighted by Gasteiger charge is -2.15. The maximum absolute atomic E-state index is 8.73. The minimum atomic E-state index is -0.439. The van der Waals surface area contributed by atoms with E-state index in [1.54, 1.807) is 6.26 Å². The smallest absolute Gasteiger partial charge is 0.209 e. The minimum absolute atomic E-state index is 0.439. The molecule has 0 spiro atoms. The third kappa shape index (κ3) is 0.960. The second-order valence-corrected chi connectivity index (χ2v) is 2.58. The number of nitriles is 1. The van der Waals surface area contributed by atoms with E-state index in [1.807, 2.05) is 30.3 Å². The highest BCUT2D eigenvalue weighted by Gasteiger charge is 2.15. The van der Waals surface area contributed by atoms with Crippen molar-refractivity contribution in [3.63, 3.8) is 0 Å². The molecule has 2 nitrogen and oxygen atoms in total. The van der Waals surface area contributed by atoms with Gasteiger partial charge in [-0.3, -0.25) is 0 Å². The standard InChI is InChI=1S/C10H7NO/c11-7-10-9-4-2-1-3-8(9)5-6-12-10/h1-6,10H. The van der Waals surface area contributed by atoms with Crippen LogP contribution in [0.3, 0.4) is 0 Å². The van der Waals surface area contributed by atoms with Gasteiger partial charge in [-0.15, -0.1) is 0 Å². The van der Waals surface area contributed by atoms with Gasteiger partial charge in [-0.25, -0.2) is 0 Å². The average Bonchev–Trinajstić information content (AvgIpc) is 2.17. The molecule has 1 aliphatic heterocycles. The van der Waals surface area contributed by atoms with Gasteiger partial charge in [0, 0.05) is 5.56 Å². The molecule has 1 atom stereocenters. The van der Waals surface area contributed by atoms with Gasteiger partial charge in [0.05, 0.1) is 6.26 Å². The second kappa shape index (κ2) is 2.71. The Morgan fingerprint density at radius 3 is 3.00 bits per heavy atom. The molecular formula is C10H7NO. The zero-order valence-electron chi connectivity index (χ0n) is 6.40. The maximum atomic E-state index is 8.73. The van der Waals surface area contributed by atoms with E-state index in [1.165, 1.54) is 0 Å². The predicted octanol–water partition coefficient (Wildman–Crippen LogP) is 2.25. The van der Waals surface area contributed by atoms with Gasteiger partial charge in [-0.05, 0) is 11.6 Å². The number of hydrogen-bond donors (Lipinski definition) is 0. The minimum Gasteiger partial charge on any atom is -0.478 e. The van der Waals surface area contributed by atoms with Gasteiger partial charge >= 0.3 is 0 Å². The van der Waals surface area contributed by atoms with E-state index in [2.05, 4.69) is 6.07 Å². The Labute approximate surface area is 70.7 Å². The van der Waals surface area contributed by atoms with Crippen LogP contribution in [0.4, 0.5) is 0 Å². The summed E-state index contributed by atoms with van der Waals surface area (Å²) >= 11 is 0. The summed E-state index contributed by atoms with van der Waals surface area (Å²) in [6.07, 6.45) is 2.99. The number of rotatable bonds is 0. The van der Waals surface area contributed by atoms with Crippen molar-refractivity contribution in [2.45, 2.75) is 6.10 Å². The van der Waals surface area contributed by atoms with Crippen LogP contribution in [0.25, 0.3) is 6.08 Å². The van der Waals surface area contributed by atoms with Gasteiger partial charge in [0.25, 0.3) is 0 Å². The van der Waals surface area contributed by atoms with Crippen molar-refractivity contribution >= 4 is 6.08 Å². The normalized spacial score (nSPS) is 19.1. The number of nitrogens with zero attached hydrogens (tertiary/aromatic N) is 1. The van der Waals surface area contributed by atoms with Crippen molar-refractivity contribution < 1.29 is 4.74 Å². The maximum Gasteiger partial charge on any atom is 0.209 e. The third-order valence-electron chi connectivity index (χ3n) is 1.86. The van der Waals surface area contributed by atoms with Gasteiger partial charge in [-0.2, -0.15) is 5.26 Å². The molecule has 0 saturated carbocycles. The van der Waals surface area contributed by atoms with Crippen LogP contribution in [-0.4, -0.2) is 0 Å². The summed E-state index contributed by atoms with van der Waals surface area (Å²) in [5.74, 6) is 0. The molecule has 1 unspecified atom stereocenters. The third-order valence-corrected chi connectivity index (χ3v) is 1.86. The Morgan fingerprint density at radius 1 is 1.33 bits per heavy atom. The quantitative estimate of drug-likeness (QED) is 0.578. The molecule has 0 N–H and O–H groups in total. The average molecular weight is 157 g/mol. The van der Waals surface area contributed by atoms with Crippen LogP contribution in [0.5, 0.6) is 0 Å². The highest BCUT2D eigenvalue weighted by Crippen LogP contribution is 2.26. The summed E-state index contributed by atoms with van der Waals surface area (Å²) in [5.41, 5.74) is 2.01. The molecule has 0 amide bonds. The fraction of sp³-hybridized carbons (Fsp3) is 0.100. The molecule has 1 aliphatic rings.